The van der Waals surface area contributed by atoms with Gasteiger partial charge < -0.3 is 10.2 Å². The number of rotatable bonds is 1. The van der Waals surface area contributed by atoms with Crippen LogP contribution in [0.25, 0.3) is 0 Å². The Morgan fingerprint density at radius 3 is 2.50 bits per heavy atom. The normalized spacial score (nSPS) is 46.9. The standard InChI is InChI=1S/C20H28O4.C2H6/c1-19-8-7-12(21)9-11(19)3-4-13-14-5-6-15(18(23)24)20(14,2)10-16(22)17(13)19;1-2/h9,13-17,22H,3-8,10H2,1-2H3,(H,23,24);1-2H3/t13?,14?,15?,16-,17?,19?,20?;/m0./s1. The van der Waals surface area contributed by atoms with E-state index in [1.807, 2.05) is 19.9 Å². The summed E-state index contributed by atoms with van der Waals surface area (Å²) in [7, 11) is 0. The topological polar surface area (TPSA) is 74.6 Å². The zero-order valence-electron chi connectivity index (χ0n) is 16.6. The van der Waals surface area contributed by atoms with Gasteiger partial charge in [-0.25, -0.2) is 0 Å². The lowest BCUT2D eigenvalue weighted by atomic mass is 9.46. The van der Waals surface area contributed by atoms with Crippen molar-refractivity contribution in [2.75, 3.05) is 0 Å². The fraction of sp³-hybridized carbons (Fsp3) is 0.818. The first-order chi connectivity index (χ1) is 12.3. The van der Waals surface area contributed by atoms with E-state index in [2.05, 4.69) is 13.8 Å². The number of carbonyl (C=O) groups is 2. The highest BCUT2D eigenvalue weighted by molar-refractivity contribution is 5.91. The van der Waals surface area contributed by atoms with Crippen LogP contribution in [0.5, 0.6) is 0 Å². The number of allylic oxidation sites excluding steroid dienone is 1. The summed E-state index contributed by atoms with van der Waals surface area (Å²) in [5, 5.41) is 20.7. The summed E-state index contributed by atoms with van der Waals surface area (Å²) in [6.07, 6.45) is 7.01. The van der Waals surface area contributed by atoms with Crippen molar-refractivity contribution >= 4 is 11.8 Å². The van der Waals surface area contributed by atoms with Gasteiger partial charge >= 0.3 is 5.97 Å². The second kappa shape index (κ2) is 6.78. The van der Waals surface area contributed by atoms with Crippen molar-refractivity contribution in [3.63, 3.8) is 0 Å². The molecule has 4 rings (SSSR count). The van der Waals surface area contributed by atoms with E-state index in [9.17, 15) is 19.8 Å². The maximum atomic E-state index is 11.8. The first-order valence-corrected chi connectivity index (χ1v) is 10.4. The summed E-state index contributed by atoms with van der Waals surface area (Å²) in [6.45, 7) is 8.33. The number of carbonyl (C=O) groups excluding carboxylic acids is 1. The molecule has 0 radical (unpaired) electrons. The smallest absolute Gasteiger partial charge is 0.307 e. The number of aliphatic carboxylic acids is 1. The van der Waals surface area contributed by atoms with Gasteiger partial charge in [0.15, 0.2) is 5.78 Å². The summed E-state index contributed by atoms with van der Waals surface area (Å²) in [4.78, 5) is 23.6. The van der Waals surface area contributed by atoms with Gasteiger partial charge in [-0.2, -0.15) is 0 Å². The number of aliphatic hydroxyl groups is 1. The van der Waals surface area contributed by atoms with Crippen LogP contribution in [-0.2, 0) is 9.59 Å². The lowest BCUT2D eigenvalue weighted by Crippen LogP contribution is -2.57. The van der Waals surface area contributed by atoms with Crippen molar-refractivity contribution in [1.29, 1.82) is 0 Å². The number of carboxylic acids is 1. The molecule has 0 aliphatic heterocycles. The molecule has 4 aliphatic carbocycles. The molecule has 2 N–H and O–H groups in total. The van der Waals surface area contributed by atoms with Gasteiger partial charge in [-0.1, -0.05) is 33.3 Å². The molecule has 3 saturated carbocycles. The maximum absolute atomic E-state index is 11.8. The van der Waals surface area contributed by atoms with E-state index in [0.29, 0.717) is 24.7 Å². The van der Waals surface area contributed by atoms with E-state index in [-0.39, 0.29) is 28.4 Å². The van der Waals surface area contributed by atoms with Crippen LogP contribution in [0, 0.1) is 34.5 Å². The zero-order valence-corrected chi connectivity index (χ0v) is 16.6. The van der Waals surface area contributed by atoms with E-state index in [4.69, 9.17) is 0 Å². The molecular weight excluding hydrogens is 328 g/mol. The van der Waals surface area contributed by atoms with Gasteiger partial charge in [-0.15, -0.1) is 0 Å². The maximum Gasteiger partial charge on any atom is 0.307 e. The average Bonchev–Trinajstić information content (AvgIpc) is 2.93. The van der Waals surface area contributed by atoms with Gasteiger partial charge in [0.25, 0.3) is 0 Å². The monoisotopic (exact) mass is 362 g/mol. The van der Waals surface area contributed by atoms with Crippen molar-refractivity contribution in [3.05, 3.63) is 11.6 Å². The fourth-order valence-corrected chi connectivity index (χ4v) is 7.09. The van der Waals surface area contributed by atoms with E-state index in [1.165, 1.54) is 5.57 Å². The Morgan fingerprint density at radius 1 is 1.15 bits per heavy atom. The highest BCUT2D eigenvalue weighted by Crippen LogP contribution is 2.66. The molecule has 0 bridgehead atoms. The van der Waals surface area contributed by atoms with E-state index in [0.717, 1.165) is 32.1 Å². The second-order valence-corrected chi connectivity index (χ2v) is 9.13. The molecule has 0 aromatic heterocycles. The molecule has 0 heterocycles. The summed E-state index contributed by atoms with van der Waals surface area (Å²) < 4.78 is 0. The number of fused-ring (bicyclic) bond motifs is 5. The number of hydrogen-bond donors (Lipinski definition) is 2. The van der Waals surface area contributed by atoms with Crippen molar-refractivity contribution in [1.82, 2.24) is 0 Å². The Hall–Kier alpha value is -1.16. The van der Waals surface area contributed by atoms with Crippen LogP contribution in [0.1, 0.15) is 72.6 Å². The molecule has 3 fully saturated rings. The van der Waals surface area contributed by atoms with Crippen molar-refractivity contribution in [2.45, 2.75) is 78.7 Å². The third-order valence-electron chi connectivity index (χ3n) is 8.19. The second-order valence-electron chi connectivity index (χ2n) is 9.13. The fourth-order valence-electron chi connectivity index (χ4n) is 7.09. The molecular formula is C22H34O4. The molecule has 0 saturated heterocycles. The van der Waals surface area contributed by atoms with Crippen molar-refractivity contribution in [2.24, 2.45) is 34.5 Å². The molecule has 0 amide bonds. The summed E-state index contributed by atoms with van der Waals surface area (Å²) >= 11 is 0. The van der Waals surface area contributed by atoms with E-state index >= 15 is 0 Å². The van der Waals surface area contributed by atoms with Gasteiger partial charge in [0.05, 0.1) is 12.0 Å². The molecule has 6 unspecified atom stereocenters. The minimum atomic E-state index is -0.698. The lowest BCUT2D eigenvalue weighted by Gasteiger charge is -2.59. The van der Waals surface area contributed by atoms with Crippen molar-refractivity contribution < 1.29 is 19.8 Å². The number of ketones is 1. The molecule has 26 heavy (non-hydrogen) atoms. The molecule has 0 aromatic carbocycles. The van der Waals surface area contributed by atoms with Crippen LogP contribution in [0.4, 0.5) is 0 Å². The van der Waals surface area contributed by atoms with Gasteiger partial charge in [0.2, 0.25) is 0 Å². The van der Waals surface area contributed by atoms with Crippen LogP contribution in [0.3, 0.4) is 0 Å². The van der Waals surface area contributed by atoms with Gasteiger partial charge in [-0.05, 0) is 73.2 Å². The highest BCUT2D eigenvalue weighted by Gasteiger charge is 2.63. The first kappa shape index (κ1) is 19.6. The molecule has 4 aliphatic rings. The van der Waals surface area contributed by atoms with E-state index in [1.54, 1.807) is 0 Å². The largest absolute Gasteiger partial charge is 0.481 e. The molecule has 0 spiro atoms. The number of carboxylic acid groups (broad SMARTS) is 1. The summed E-state index contributed by atoms with van der Waals surface area (Å²) in [6, 6.07) is 0. The highest BCUT2D eigenvalue weighted by atomic mass is 16.4. The van der Waals surface area contributed by atoms with Crippen LogP contribution in [0.2, 0.25) is 0 Å². The molecule has 4 nitrogen and oxygen atoms in total. The van der Waals surface area contributed by atoms with Gasteiger partial charge in [0, 0.05) is 6.42 Å². The Balaban J connectivity index is 0.000000948. The lowest BCUT2D eigenvalue weighted by molar-refractivity contribution is -0.158. The van der Waals surface area contributed by atoms with Gasteiger partial charge in [-0.3, -0.25) is 9.59 Å². The Labute approximate surface area is 157 Å². The van der Waals surface area contributed by atoms with Crippen LogP contribution in [0.15, 0.2) is 11.6 Å². The predicted molar refractivity (Wildman–Crippen MR) is 101 cm³/mol. The Kier molecular flexibility index (Phi) is 5.11. The quantitative estimate of drug-likeness (QED) is 0.732. The molecule has 7 atom stereocenters. The molecule has 0 aromatic rings. The van der Waals surface area contributed by atoms with Crippen molar-refractivity contribution in [3.8, 4) is 0 Å². The average molecular weight is 363 g/mol. The SMILES string of the molecule is CC.CC12CCC(=O)C=C1CCC1C2[C@@H](O)CC2(C)C(C(=O)O)CCC12. The molecule has 4 heteroatoms. The first-order valence-electron chi connectivity index (χ1n) is 10.4. The number of hydrogen-bond acceptors (Lipinski definition) is 3. The third-order valence-corrected chi connectivity index (χ3v) is 8.19. The Bertz CT molecular complexity index is 624. The molecule has 146 valence electrons. The van der Waals surface area contributed by atoms with Crippen LogP contribution >= 0.6 is 0 Å². The summed E-state index contributed by atoms with van der Waals surface area (Å²) in [5.41, 5.74) is 0.864. The Morgan fingerprint density at radius 2 is 1.85 bits per heavy atom. The number of aliphatic hydroxyl groups excluding tert-OH is 1. The van der Waals surface area contributed by atoms with Crippen LogP contribution < -0.4 is 0 Å². The minimum absolute atomic E-state index is 0.0844. The summed E-state index contributed by atoms with van der Waals surface area (Å²) in [5.74, 6) is 0.160. The zero-order chi connectivity index (χ0) is 19.3. The minimum Gasteiger partial charge on any atom is -0.481 e. The van der Waals surface area contributed by atoms with E-state index < -0.39 is 12.1 Å². The predicted octanol–water partition coefficient (Wildman–Crippen LogP) is 4.22. The van der Waals surface area contributed by atoms with Crippen LogP contribution in [-0.4, -0.2) is 28.1 Å². The van der Waals surface area contributed by atoms with Gasteiger partial charge in [0.1, 0.15) is 0 Å². The third kappa shape index (κ3) is 2.67.